The molecular weight excluding hydrogens is 392 g/mol. The van der Waals surface area contributed by atoms with Gasteiger partial charge in [0.1, 0.15) is 11.9 Å². The summed E-state index contributed by atoms with van der Waals surface area (Å²) in [5.41, 5.74) is 0.638. The maximum Gasteiger partial charge on any atom is 0.422 e. The predicted molar refractivity (Wildman–Crippen MR) is 96.0 cm³/mol. The summed E-state index contributed by atoms with van der Waals surface area (Å²) in [7, 11) is 0. The maximum absolute atomic E-state index is 14.7. The monoisotopic (exact) mass is 414 g/mol. The third-order valence-electron chi connectivity index (χ3n) is 6.23. The Morgan fingerprint density at radius 3 is 2.59 bits per heavy atom. The summed E-state index contributed by atoms with van der Waals surface area (Å²) < 4.78 is 56.1. The third kappa shape index (κ3) is 3.55. The number of rotatable bonds is 2. The Bertz CT molecular complexity index is 820. The molecule has 1 saturated heterocycles. The first-order valence-electron chi connectivity index (χ1n) is 9.82. The van der Waals surface area contributed by atoms with Crippen LogP contribution in [-0.4, -0.2) is 48.8 Å². The second-order valence-corrected chi connectivity index (χ2v) is 8.07. The fourth-order valence-electron chi connectivity index (χ4n) is 5.03. The zero-order valence-corrected chi connectivity index (χ0v) is 15.8. The lowest BCUT2D eigenvalue weighted by Gasteiger charge is -2.29. The van der Waals surface area contributed by atoms with Crippen LogP contribution in [0.15, 0.2) is 18.2 Å². The lowest BCUT2D eigenvalue weighted by molar-refractivity contribution is -0.162. The van der Waals surface area contributed by atoms with E-state index in [2.05, 4.69) is 4.74 Å². The molecule has 3 aliphatic rings. The number of hydrogen-bond acceptors (Lipinski definition) is 3. The van der Waals surface area contributed by atoms with Gasteiger partial charge in [-0.25, -0.2) is 9.18 Å². The minimum atomic E-state index is -4.63. The van der Waals surface area contributed by atoms with Crippen molar-refractivity contribution in [3.05, 3.63) is 29.6 Å². The Morgan fingerprint density at radius 1 is 1.17 bits per heavy atom. The molecule has 1 atom stereocenters. The van der Waals surface area contributed by atoms with Crippen molar-refractivity contribution in [3.8, 4) is 0 Å². The molecule has 0 radical (unpaired) electrons. The number of fused-ring (bicyclic) bond motifs is 2. The van der Waals surface area contributed by atoms with Crippen LogP contribution in [0.25, 0.3) is 0 Å². The topological polar surface area (TPSA) is 49.9 Å². The van der Waals surface area contributed by atoms with Gasteiger partial charge in [-0.3, -0.25) is 9.69 Å². The van der Waals surface area contributed by atoms with Crippen molar-refractivity contribution in [2.45, 2.75) is 56.2 Å². The predicted octanol–water partition coefficient (Wildman–Crippen LogP) is 4.15. The number of likely N-dealkylation sites (tertiary alicyclic amines) is 1. The molecule has 1 spiro atoms. The van der Waals surface area contributed by atoms with Crippen LogP contribution in [0.3, 0.4) is 0 Å². The Kier molecular flexibility index (Phi) is 4.94. The van der Waals surface area contributed by atoms with Crippen LogP contribution in [0, 0.1) is 5.82 Å². The van der Waals surface area contributed by atoms with Crippen molar-refractivity contribution in [2.75, 3.05) is 24.6 Å². The first-order valence-corrected chi connectivity index (χ1v) is 9.82. The first-order chi connectivity index (χ1) is 13.7. The second-order valence-electron chi connectivity index (χ2n) is 8.07. The standard InChI is InChI=1S/C20H22F4N2O3/c21-13-5-3-6-14-16(13)19(8-1-2-9-19)11-26(14)17(27)15-7-4-10-25(15)18(28)29-12-20(22,23)24/h3,5-6,15H,1-2,4,7-12H2. The van der Waals surface area contributed by atoms with E-state index in [0.717, 1.165) is 30.6 Å². The molecule has 1 aromatic rings. The quantitative estimate of drug-likeness (QED) is 0.684. The molecule has 4 rings (SSSR count). The van der Waals surface area contributed by atoms with Gasteiger partial charge in [-0.05, 0) is 37.8 Å². The van der Waals surface area contributed by atoms with Gasteiger partial charge in [-0.1, -0.05) is 18.9 Å². The highest BCUT2D eigenvalue weighted by atomic mass is 19.4. The summed E-state index contributed by atoms with van der Waals surface area (Å²) in [6.07, 6.45) is -1.47. The normalized spacial score (nSPS) is 23.0. The molecule has 5 nitrogen and oxygen atoms in total. The van der Waals surface area contributed by atoms with E-state index in [9.17, 15) is 27.2 Å². The van der Waals surface area contributed by atoms with Gasteiger partial charge < -0.3 is 9.64 Å². The van der Waals surface area contributed by atoms with Crippen molar-refractivity contribution in [1.82, 2.24) is 4.90 Å². The molecule has 1 aliphatic carbocycles. The number of nitrogens with zero attached hydrogens (tertiary/aromatic N) is 2. The van der Waals surface area contributed by atoms with Crippen LogP contribution in [0.5, 0.6) is 0 Å². The number of hydrogen-bond donors (Lipinski definition) is 0. The van der Waals surface area contributed by atoms with Crippen molar-refractivity contribution < 1.29 is 31.9 Å². The molecule has 9 heteroatoms. The van der Waals surface area contributed by atoms with E-state index < -0.39 is 30.3 Å². The van der Waals surface area contributed by atoms with Gasteiger partial charge in [0, 0.05) is 24.1 Å². The smallest absolute Gasteiger partial charge is 0.422 e. The average molecular weight is 414 g/mol. The molecule has 0 N–H and O–H groups in total. The number of benzene rings is 1. The molecule has 2 heterocycles. The summed E-state index contributed by atoms with van der Waals surface area (Å²) in [6.45, 7) is -1.20. The first kappa shape index (κ1) is 20.0. The van der Waals surface area contributed by atoms with Crippen LogP contribution in [0.2, 0.25) is 0 Å². The summed E-state index contributed by atoms with van der Waals surface area (Å²) >= 11 is 0. The zero-order chi connectivity index (χ0) is 20.8. The van der Waals surface area contributed by atoms with E-state index in [1.54, 1.807) is 12.1 Å². The molecule has 0 bridgehead atoms. The molecule has 29 heavy (non-hydrogen) atoms. The number of anilines is 1. The van der Waals surface area contributed by atoms with Crippen molar-refractivity contribution in [1.29, 1.82) is 0 Å². The lowest BCUT2D eigenvalue weighted by atomic mass is 9.80. The highest BCUT2D eigenvalue weighted by molar-refractivity contribution is 6.01. The largest absolute Gasteiger partial charge is 0.440 e. The number of carbonyl (C=O) groups excluding carboxylic acids is 2. The molecule has 158 valence electrons. The molecular formula is C20H22F4N2O3. The van der Waals surface area contributed by atoms with Gasteiger partial charge in [0.2, 0.25) is 5.91 Å². The molecule has 1 unspecified atom stereocenters. The van der Waals surface area contributed by atoms with Gasteiger partial charge in [-0.15, -0.1) is 0 Å². The van der Waals surface area contributed by atoms with Gasteiger partial charge in [-0.2, -0.15) is 13.2 Å². The third-order valence-corrected chi connectivity index (χ3v) is 6.23. The Labute approximate surface area is 165 Å². The second kappa shape index (κ2) is 7.18. The van der Waals surface area contributed by atoms with Crippen LogP contribution in [0.4, 0.5) is 28.0 Å². The highest BCUT2D eigenvalue weighted by Crippen LogP contribution is 2.51. The lowest BCUT2D eigenvalue weighted by Crippen LogP contribution is -2.49. The van der Waals surface area contributed by atoms with E-state index in [0.29, 0.717) is 30.6 Å². The van der Waals surface area contributed by atoms with E-state index in [1.165, 1.54) is 11.0 Å². The van der Waals surface area contributed by atoms with Crippen molar-refractivity contribution >= 4 is 17.7 Å². The van der Waals surface area contributed by atoms with Gasteiger partial charge in [0.15, 0.2) is 6.61 Å². The van der Waals surface area contributed by atoms with E-state index in [4.69, 9.17) is 0 Å². The number of alkyl halides is 3. The fraction of sp³-hybridized carbons (Fsp3) is 0.600. The number of carbonyl (C=O) groups is 2. The average Bonchev–Trinajstić information content (AvgIpc) is 3.39. The summed E-state index contributed by atoms with van der Waals surface area (Å²) in [4.78, 5) is 28.0. The molecule has 2 amide bonds. The summed E-state index contributed by atoms with van der Waals surface area (Å²) in [5, 5.41) is 0. The van der Waals surface area contributed by atoms with Gasteiger partial charge in [0.05, 0.1) is 5.69 Å². The minimum Gasteiger partial charge on any atom is -0.440 e. The number of amides is 2. The van der Waals surface area contributed by atoms with Crippen molar-refractivity contribution in [2.24, 2.45) is 0 Å². The van der Waals surface area contributed by atoms with Gasteiger partial charge >= 0.3 is 12.3 Å². The van der Waals surface area contributed by atoms with Crippen molar-refractivity contribution in [3.63, 3.8) is 0 Å². The minimum absolute atomic E-state index is 0.155. The Morgan fingerprint density at radius 2 is 1.90 bits per heavy atom. The molecule has 0 aromatic heterocycles. The van der Waals surface area contributed by atoms with Crippen LogP contribution in [0.1, 0.15) is 44.1 Å². The molecule has 2 fully saturated rings. The van der Waals surface area contributed by atoms with Gasteiger partial charge in [0.25, 0.3) is 0 Å². The van der Waals surface area contributed by atoms with E-state index >= 15 is 0 Å². The van der Waals surface area contributed by atoms with Crippen LogP contribution >= 0.6 is 0 Å². The summed E-state index contributed by atoms with van der Waals surface area (Å²) in [5.74, 6) is -0.727. The fourth-order valence-corrected chi connectivity index (χ4v) is 5.03. The highest BCUT2D eigenvalue weighted by Gasteiger charge is 2.50. The maximum atomic E-state index is 14.7. The zero-order valence-electron chi connectivity index (χ0n) is 15.8. The molecule has 1 aromatic carbocycles. The van der Waals surface area contributed by atoms with Crippen LogP contribution < -0.4 is 4.90 Å². The Balaban J connectivity index is 1.57. The van der Waals surface area contributed by atoms with E-state index in [1.807, 2.05) is 0 Å². The molecule has 2 aliphatic heterocycles. The number of ether oxygens (including phenoxy) is 1. The van der Waals surface area contributed by atoms with E-state index in [-0.39, 0.29) is 18.3 Å². The van der Waals surface area contributed by atoms with Crippen LogP contribution in [-0.2, 0) is 14.9 Å². The SMILES string of the molecule is O=C(C1CCCN1C(=O)OCC(F)(F)F)N1CC2(CCCC2)c2c(F)cccc21. The number of halogens is 4. The molecule has 1 saturated carbocycles. The summed E-state index contributed by atoms with van der Waals surface area (Å²) in [6, 6.07) is 3.74. The Hall–Kier alpha value is -2.32.